The van der Waals surface area contributed by atoms with Gasteiger partial charge in [-0.05, 0) is 42.5 Å². The highest BCUT2D eigenvalue weighted by atomic mass is 16.5. The molecule has 0 atom stereocenters. The van der Waals surface area contributed by atoms with Crippen molar-refractivity contribution in [1.82, 2.24) is 9.78 Å². The number of benzene rings is 1. The fraction of sp³-hybridized carbons (Fsp3) is 0.267. The average molecular weight is 270 g/mol. The molecule has 1 heterocycles. The Labute approximate surface area is 115 Å². The fourth-order valence-corrected chi connectivity index (χ4v) is 2.49. The summed E-state index contributed by atoms with van der Waals surface area (Å²) in [6.45, 7) is 0. The molecule has 20 heavy (non-hydrogen) atoms. The molecule has 1 aromatic carbocycles. The van der Waals surface area contributed by atoms with E-state index >= 15 is 0 Å². The van der Waals surface area contributed by atoms with Crippen LogP contribution in [0.4, 0.5) is 0 Å². The van der Waals surface area contributed by atoms with Crippen molar-refractivity contribution < 1.29 is 9.53 Å². The minimum Gasteiger partial charge on any atom is -0.464 e. The third-order valence-corrected chi connectivity index (χ3v) is 3.53. The highest BCUT2D eigenvalue weighted by Gasteiger charge is 2.15. The van der Waals surface area contributed by atoms with Crippen molar-refractivity contribution in [2.45, 2.75) is 19.3 Å². The van der Waals surface area contributed by atoms with Gasteiger partial charge in [0.1, 0.15) is 0 Å². The van der Waals surface area contributed by atoms with Crippen molar-refractivity contribution in [2.75, 3.05) is 7.11 Å². The van der Waals surface area contributed by atoms with Gasteiger partial charge in [-0.1, -0.05) is 6.07 Å². The van der Waals surface area contributed by atoms with Gasteiger partial charge in [0.05, 0.1) is 12.8 Å². The Hall–Kier alpha value is -2.43. The van der Waals surface area contributed by atoms with Crippen LogP contribution in [0.3, 0.4) is 0 Å². The van der Waals surface area contributed by atoms with Gasteiger partial charge in [0.25, 0.3) is 0 Å². The van der Waals surface area contributed by atoms with Gasteiger partial charge < -0.3 is 4.74 Å². The number of nitrogens with zero attached hydrogens (tertiary/aromatic N) is 2. The predicted octanol–water partition coefficient (Wildman–Crippen LogP) is 1.51. The van der Waals surface area contributed by atoms with E-state index in [0.29, 0.717) is 0 Å². The van der Waals surface area contributed by atoms with Gasteiger partial charge in [0.15, 0.2) is 0 Å². The Morgan fingerprint density at radius 2 is 2.05 bits per heavy atom. The summed E-state index contributed by atoms with van der Waals surface area (Å²) in [6, 6.07) is 7.41. The third-order valence-electron chi connectivity index (χ3n) is 3.53. The molecular weight excluding hydrogens is 256 g/mol. The zero-order valence-electron chi connectivity index (χ0n) is 11.1. The lowest BCUT2D eigenvalue weighted by Crippen LogP contribution is -2.21. The van der Waals surface area contributed by atoms with Crippen molar-refractivity contribution in [3.63, 3.8) is 0 Å². The van der Waals surface area contributed by atoms with Crippen molar-refractivity contribution in [2.24, 2.45) is 0 Å². The molecule has 0 saturated carbocycles. The number of esters is 1. The summed E-state index contributed by atoms with van der Waals surface area (Å²) >= 11 is 0. The second-order valence-corrected chi connectivity index (χ2v) is 4.77. The Morgan fingerprint density at radius 1 is 1.25 bits per heavy atom. The average Bonchev–Trinajstić information content (AvgIpc) is 2.94. The number of carbonyl (C=O) groups is 1. The number of methoxy groups -OCH3 is 1. The van der Waals surface area contributed by atoms with Crippen LogP contribution in [0.25, 0.3) is 5.69 Å². The monoisotopic (exact) mass is 270 g/mol. The number of rotatable bonds is 2. The quantitative estimate of drug-likeness (QED) is 0.776. The fourth-order valence-electron chi connectivity index (χ4n) is 2.49. The molecule has 2 aromatic rings. The smallest absolute Gasteiger partial charge is 0.362 e. The summed E-state index contributed by atoms with van der Waals surface area (Å²) in [5.74, 6) is -0.717. The summed E-state index contributed by atoms with van der Waals surface area (Å²) in [4.78, 5) is 23.1. The number of ether oxygens (including phenoxy) is 1. The largest absolute Gasteiger partial charge is 0.464 e. The highest BCUT2D eigenvalue weighted by molar-refractivity contribution is 5.86. The summed E-state index contributed by atoms with van der Waals surface area (Å²) in [5, 5.41) is 4.07. The first-order valence-corrected chi connectivity index (χ1v) is 6.49. The molecule has 0 aliphatic heterocycles. The molecule has 3 rings (SSSR count). The normalized spacial score (nSPS) is 13.1. The van der Waals surface area contributed by atoms with Crippen LogP contribution in [0.1, 0.15) is 28.0 Å². The predicted molar refractivity (Wildman–Crippen MR) is 73.2 cm³/mol. The highest BCUT2D eigenvalue weighted by Crippen LogP contribution is 2.23. The molecule has 0 saturated heterocycles. The lowest BCUT2D eigenvalue weighted by Gasteiger charge is -2.08. The Bertz CT molecular complexity index is 734. The molecule has 0 amide bonds. The van der Waals surface area contributed by atoms with E-state index < -0.39 is 11.4 Å². The van der Waals surface area contributed by atoms with Crippen molar-refractivity contribution in [3.05, 3.63) is 57.5 Å². The third kappa shape index (κ3) is 2.11. The SMILES string of the molecule is COC(=O)c1nn(-c2ccc3c(c2)CCC3)ccc1=O. The van der Waals surface area contributed by atoms with Crippen LogP contribution < -0.4 is 5.43 Å². The number of hydrogen-bond donors (Lipinski definition) is 0. The Balaban J connectivity index is 2.06. The molecule has 1 aliphatic rings. The summed E-state index contributed by atoms with van der Waals surface area (Å²) in [7, 11) is 1.23. The second-order valence-electron chi connectivity index (χ2n) is 4.77. The van der Waals surface area contributed by atoms with Crippen LogP contribution in [-0.2, 0) is 17.6 Å². The maximum atomic E-state index is 11.6. The van der Waals surface area contributed by atoms with Crippen LogP contribution in [0, 0.1) is 0 Å². The van der Waals surface area contributed by atoms with Crippen LogP contribution in [0.5, 0.6) is 0 Å². The standard InChI is InChI=1S/C15H14N2O3/c1-20-15(19)14-13(18)7-8-17(16-14)12-6-5-10-3-2-4-11(10)9-12/h5-9H,2-4H2,1H3. The lowest BCUT2D eigenvalue weighted by atomic mass is 10.1. The minimum atomic E-state index is -0.717. The minimum absolute atomic E-state index is 0.199. The van der Waals surface area contributed by atoms with E-state index in [4.69, 9.17) is 0 Å². The summed E-state index contributed by atoms with van der Waals surface area (Å²) in [6.07, 6.45) is 4.91. The van der Waals surface area contributed by atoms with Crippen LogP contribution in [0.15, 0.2) is 35.3 Å². The molecule has 5 heteroatoms. The van der Waals surface area contributed by atoms with Crippen molar-refractivity contribution in [3.8, 4) is 5.69 Å². The molecule has 0 spiro atoms. The molecule has 0 N–H and O–H groups in total. The maximum Gasteiger partial charge on any atom is 0.362 e. The molecule has 0 bridgehead atoms. The van der Waals surface area contributed by atoms with E-state index in [9.17, 15) is 9.59 Å². The van der Waals surface area contributed by atoms with Gasteiger partial charge >= 0.3 is 5.97 Å². The number of fused-ring (bicyclic) bond motifs is 1. The van der Waals surface area contributed by atoms with E-state index in [2.05, 4.69) is 22.0 Å². The van der Waals surface area contributed by atoms with E-state index in [1.54, 1.807) is 6.20 Å². The number of aryl methyl sites for hydroxylation is 2. The van der Waals surface area contributed by atoms with Gasteiger partial charge in [-0.3, -0.25) is 4.79 Å². The van der Waals surface area contributed by atoms with Gasteiger partial charge in [-0.2, -0.15) is 5.10 Å². The lowest BCUT2D eigenvalue weighted by molar-refractivity contribution is 0.0590. The van der Waals surface area contributed by atoms with E-state index in [0.717, 1.165) is 18.5 Å². The van der Waals surface area contributed by atoms with Crippen LogP contribution >= 0.6 is 0 Å². The first-order valence-electron chi connectivity index (χ1n) is 6.49. The number of aromatic nitrogens is 2. The van der Waals surface area contributed by atoms with Crippen LogP contribution in [0.2, 0.25) is 0 Å². The van der Waals surface area contributed by atoms with E-state index in [1.807, 2.05) is 6.07 Å². The van der Waals surface area contributed by atoms with Gasteiger partial charge in [-0.15, -0.1) is 0 Å². The summed E-state index contributed by atoms with van der Waals surface area (Å²) < 4.78 is 6.10. The Morgan fingerprint density at radius 3 is 2.85 bits per heavy atom. The number of hydrogen-bond acceptors (Lipinski definition) is 4. The van der Waals surface area contributed by atoms with E-state index in [1.165, 1.54) is 35.4 Å². The Kier molecular flexibility index (Phi) is 3.10. The molecule has 0 unspecified atom stereocenters. The molecular formula is C15H14N2O3. The molecule has 0 radical (unpaired) electrons. The summed E-state index contributed by atoms with van der Waals surface area (Å²) in [5.41, 5.74) is 2.88. The number of carbonyl (C=O) groups excluding carboxylic acids is 1. The molecule has 5 nitrogen and oxygen atoms in total. The zero-order valence-corrected chi connectivity index (χ0v) is 11.1. The molecule has 1 aromatic heterocycles. The van der Waals surface area contributed by atoms with Crippen LogP contribution in [-0.4, -0.2) is 22.9 Å². The zero-order chi connectivity index (χ0) is 14.1. The molecule has 0 fully saturated rings. The molecule has 102 valence electrons. The second kappa shape index (κ2) is 4.92. The van der Waals surface area contributed by atoms with Crippen molar-refractivity contribution in [1.29, 1.82) is 0 Å². The topological polar surface area (TPSA) is 61.2 Å². The van der Waals surface area contributed by atoms with Gasteiger partial charge in [0, 0.05) is 12.3 Å². The maximum absolute atomic E-state index is 11.6. The van der Waals surface area contributed by atoms with Crippen molar-refractivity contribution >= 4 is 5.97 Å². The first-order chi connectivity index (χ1) is 9.69. The van der Waals surface area contributed by atoms with Gasteiger partial charge in [-0.25, -0.2) is 9.48 Å². The first kappa shape index (κ1) is 12.6. The van der Waals surface area contributed by atoms with E-state index in [-0.39, 0.29) is 5.69 Å². The van der Waals surface area contributed by atoms with Gasteiger partial charge in [0.2, 0.25) is 11.1 Å². The molecule has 1 aliphatic carbocycles.